The van der Waals surface area contributed by atoms with E-state index in [1.54, 1.807) is 20.8 Å². The Morgan fingerprint density at radius 3 is 1.78 bits per heavy atom. The van der Waals surface area contributed by atoms with Crippen molar-refractivity contribution in [1.29, 1.82) is 0 Å². The molecule has 9 heteroatoms. The van der Waals surface area contributed by atoms with Gasteiger partial charge in [-0.2, -0.15) is 0 Å². The highest BCUT2D eigenvalue weighted by atomic mass is 32.1. The molecule has 1 amide bonds. The second-order valence-electron chi connectivity index (χ2n) is 3.98. The minimum absolute atomic E-state index is 0.0941. The predicted octanol–water partition coefficient (Wildman–Crippen LogP) is 0.101. The summed E-state index contributed by atoms with van der Waals surface area (Å²) >= 11 is 3.43. The lowest BCUT2D eigenvalue weighted by molar-refractivity contribution is -0.136. The number of rotatable bonds is 4. The Kier molecular flexibility index (Phi) is 10.0. The summed E-state index contributed by atoms with van der Waals surface area (Å²) in [7, 11) is 0. The number of carbonyl (C=O) groups is 3. The molecule has 0 spiro atoms. The lowest BCUT2D eigenvalue weighted by Gasteiger charge is -2.19. The van der Waals surface area contributed by atoms with E-state index in [9.17, 15) is 14.4 Å². The molecule has 0 fully saturated rings. The summed E-state index contributed by atoms with van der Waals surface area (Å²) in [5, 5.41) is 18.1. The molecule has 0 heterocycles. The molecule has 8 nitrogen and oxygen atoms in total. The number of carboxylic acid groups (broad SMARTS) is 2. The Morgan fingerprint density at radius 1 is 1.11 bits per heavy atom. The Labute approximate surface area is 110 Å². The lowest BCUT2D eigenvalue weighted by atomic mass is 10.2. The van der Waals surface area contributed by atoms with Crippen molar-refractivity contribution in [2.45, 2.75) is 26.4 Å². The van der Waals surface area contributed by atoms with E-state index in [0.717, 1.165) is 0 Å². The topological polar surface area (TPSA) is 125 Å². The van der Waals surface area contributed by atoms with E-state index in [1.165, 1.54) is 0 Å². The normalized spacial score (nSPS) is 9.78. The zero-order valence-corrected chi connectivity index (χ0v) is 11.3. The number of alkyl carbamates (subject to hydrolysis) is 1. The van der Waals surface area contributed by atoms with Crippen LogP contribution >= 0.6 is 12.8 Å². The Balaban J connectivity index is 0. The van der Waals surface area contributed by atoms with E-state index in [0.29, 0.717) is 0 Å². The largest absolute Gasteiger partial charge is 0.480 e. The van der Waals surface area contributed by atoms with Gasteiger partial charge in [-0.25, -0.2) is 4.79 Å². The van der Waals surface area contributed by atoms with E-state index < -0.39 is 30.2 Å². The summed E-state index contributed by atoms with van der Waals surface area (Å²) in [4.78, 5) is 30.3. The van der Waals surface area contributed by atoms with Gasteiger partial charge in [0.15, 0.2) is 0 Å². The molecule has 4 N–H and O–H groups in total. The molecule has 0 unspecified atom stereocenters. The molecule has 0 saturated carbocycles. The minimum Gasteiger partial charge on any atom is -0.480 e. The molecule has 0 aliphatic heterocycles. The van der Waals surface area contributed by atoms with Crippen LogP contribution < -0.4 is 10.0 Å². The predicted molar refractivity (Wildman–Crippen MR) is 66.5 cm³/mol. The Bertz CT molecular complexity index is 289. The highest BCUT2D eigenvalue weighted by Crippen LogP contribution is 2.05. The van der Waals surface area contributed by atoms with Gasteiger partial charge >= 0.3 is 18.0 Å². The van der Waals surface area contributed by atoms with Gasteiger partial charge in [0.25, 0.3) is 0 Å². The first-order valence-corrected chi connectivity index (χ1v) is 5.30. The summed E-state index contributed by atoms with van der Waals surface area (Å²) in [6.07, 6.45) is -0.718. The van der Waals surface area contributed by atoms with Gasteiger partial charge in [0.1, 0.15) is 18.7 Å². The average molecular weight is 282 g/mol. The molecule has 0 saturated heterocycles. The number of hydrogen-bond acceptors (Lipinski definition) is 6. The van der Waals surface area contributed by atoms with Crippen LogP contribution in [0, 0.1) is 0 Å². The summed E-state index contributed by atoms with van der Waals surface area (Å²) in [6, 6.07) is 0. The average Bonchev–Trinajstić information content (AvgIpc) is 2.12. The Morgan fingerprint density at radius 2 is 1.56 bits per heavy atom. The van der Waals surface area contributed by atoms with Crippen LogP contribution in [0.25, 0.3) is 0 Å². The summed E-state index contributed by atoms with van der Waals surface area (Å²) in [5.41, 5.74) is -0.595. The zero-order valence-electron chi connectivity index (χ0n) is 10.4. The molecule has 0 bridgehead atoms. The van der Waals surface area contributed by atoms with Crippen LogP contribution in [0.5, 0.6) is 0 Å². The highest BCUT2D eigenvalue weighted by molar-refractivity contribution is 7.78. The van der Waals surface area contributed by atoms with Crippen molar-refractivity contribution >= 4 is 30.8 Å². The third-order valence-electron chi connectivity index (χ3n) is 1.01. The van der Waals surface area contributed by atoms with E-state index in [2.05, 4.69) is 22.9 Å². The fourth-order valence-corrected chi connectivity index (χ4v) is 0.665. The second kappa shape index (κ2) is 9.54. The maximum absolute atomic E-state index is 10.8. The maximum atomic E-state index is 10.8. The van der Waals surface area contributed by atoms with Crippen molar-refractivity contribution in [3.63, 3.8) is 0 Å². The Hall–Kier alpha value is -1.48. The molecule has 0 rings (SSSR count). The van der Waals surface area contributed by atoms with Crippen LogP contribution in [-0.2, 0) is 14.3 Å². The number of aliphatic carboxylic acids is 2. The molecule has 106 valence electrons. The number of carboxylic acids is 2. The van der Waals surface area contributed by atoms with E-state index in [1.807, 2.05) is 0 Å². The molecule has 0 radical (unpaired) electrons. The maximum Gasteiger partial charge on any atom is 0.408 e. The van der Waals surface area contributed by atoms with Crippen molar-refractivity contribution in [2.75, 3.05) is 13.1 Å². The third-order valence-corrected chi connectivity index (χ3v) is 1.17. The molecular formula is C9H18N2O6S. The number of thiol groups is 1. The van der Waals surface area contributed by atoms with Gasteiger partial charge in [-0.1, -0.05) is 12.8 Å². The number of hydrogen-bond donors (Lipinski definition) is 5. The minimum atomic E-state index is -1.10. The van der Waals surface area contributed by atoms with Gasteiger partial charge in [-0.05, 0) is 20.8 Å². The van der Waals surface area contributed by atoms with Gasteiger partial charge < -0.3 is 20.3 Å². The van der Waals surface area contributed by atoms with E-state index >= 15 is 0 Å². The molecule has 0 aromatic rings. The monoisotopic (exact) mass is 282 g/mol. The number of ether oxygens (including phenoxy) is 1. The number of carbonyl (C=O) groups excluding carboxylic acids is 1. The molecule has 0 aromatic heterocycles. The van der Waals surface area contributed by atoms with Crippen LogP contribution in [-0.4, -0.2) is 46.9 Å². The third kappa shape index (κ3) is 20.0. The fourth-order valence-electron chi connectivity index (χ4n) is 0.530. The fraction of sp³-hybridized carbons (Fsp3) is 0.667. The first kappa shape index (κ1) is 18.9. The van der Waals surface area contributed by atoms with Crippen molar-refractivity contribution in [2.24, 2.45) is 0 Å². The molecule has 0 aliphatic carbocycles. The number of amides is 1. The van der Waals surface area contributed by atoms with Crippen molar-refractivity contribution < 1.29 is 29.3 Å². The quantitative estimate of drug-likeness (QED) is 0.463. The van der Waals surface area contributed by atoms with Gasteiger partial charge in [0, 0.05) is 0 Å². The SMILES string of the molecule is CC(C)(C)OC(=O)NCC(=O)O.O=C(O)CNS. The van der Waals surface area contributed by atoms with Crippen LogP contribution in [0.15, 0.2) is 0 Å². The highest BCUT2D eigenvalue weighted by Gasteiger charge is 2.15. The summed E-state index contributed by atoms with van der Waals surface area (Å²) in [5.74, 6) is -1.99. The first-order chi connectivity index (χ1) is 8.08. The lowest BCUT2D eigenvalue weighted by Crippen LogP contribution is -2.35. The zero-order chi connectivity index (χ0) is 14.8. The molecular weight excluding hydrogens is 264 g/mol. The van der Waals surface area contributed by atoms with Crippen molar-refractivity contribution in [3.05, 3.63) is 0 Å². The van der Waals surface area contributed by atoms with E-state index in [4.69, 9.17) is 14.9 Å². The number of nitrogens with one attached hydrogen (secondary N) is 2. The second-order valence-corrected chi connectivity index (χ2v) is 4.29. The van der Waals surface area contributed by atoms with E-state index in [-0.39, 0.29) is 6.54 Å². The van der Waals surface area contributed by atoms with Gasteiger partial charge in [-0.3, -0.25) is 14.3 Å². The smallest absolute Gasteiger partial charge is 0.408 e. The summed E-state index contributed by atoms with van der Waals surface area (Å²) in [6.45, 7) is 4.59. The van der Waals surface area contributed by atoms with Crippen LogP contribution in [0.2, 0.25) is 0 Å². The van der Waals surface area contributed by atoms with Crippen LogP contribution in [0.3, 0.4) is 0 Å². The molecule has 0 aliphatic rings. The van der Waals surface area contributed by atoms with Gasteiger partial charge in [0.05, 0.1) is 0 Å². The summed E-state index contributed by atoms with van der Waals surface area (Å²) < 4.78 is 6.94. The van der Waals surface area contributed by atoms with Gasteiger partial charge in [0.2, 0.25) is 0 Å². The first-order valence-electron chi connectivity index (χ1n) is 4.86. The standard InChI is InChI=1S/C7H13NO4.C2H5NO2S/c1-7(2,3)12-6(11)8-4-5(9)10;4-2(5)1-3-6/h4H2,1-3H3,(H,8,11)(H,9,10);3,6H,1H2,(H,4,5). The van der Waals surface area contributed by atoms with Crippen molar-refractivity contribution in [3.8, 4) is 0 Å². The van der Waals surface area contributed by atoms with Crippen LogP contribution in [0.4, 0.5) is 4.79 Å². The van der Waals surface area contributed by atoms with Crippen LogP contribution in [0.1, 0.15) is 20.8 Å². The molecule has 0 atom stereocenters. The molecule has 18 heavy (non-hydrogen) atoms. The molecule has 0 aromatic carbocycles. The van der Waals surface area contributed by atoms with Gasteiger partial charge in [-0.15, -0.1) is 0 Å². The van der Waals surface area contributed by atoms with Crippen molar-refractivity contribution in [1.82, 2.24) is 10.0 Å².